The van der Waals surface area contributed by atoms with Crippen molar-refractivity contribution < 1.29 is 18.7 Å². The van der Waals surface area contributed by atoms with Crippen molar-refractivity contribution in [3.05, 3.63) is 96.3 Å². The number of benzene rings is 4. The van der Waals surface area contributed by atoms with Crippen LogP contribution in [0.4, 0.5) is 4.39 Å². The van der Waals surface area contributed by atoms with Crippen LogP contribution in [0, 0.1) is 11.7 Å². The average Bonchev–Trinajstić information content (AvgIpc) is 3.24. The number of aliphatic carboxylic acids is 1. The number of carboxylic acids is 1. The van der Waals surface area contributed by atoms with E-state index in [1.807, 2.05) is 54.6 Å². The second kappa shape index (κ2) is 9.35. The Morgan fingerprint density at radius 3 is 2.47 bits per heavy atom. The van der Waals surface area contributed by atoms with Gasteiger partial charge in [0.15, 0.2) is 0 Å². The molecule has 1 atom stereocenters. The summed E-state index contributed by atoms with van der Waals surface area (Å²) in [6.45, 7) is 1.66. The van der Waals surface area contributed by atoms with Gasteiger partial charge in [0, 0.05) is 27.8 Å². The monoisotopic (exact) mass is 470 g/mol. The van der Waals surface area contributed by atoms with Crippen LogP contribution in [0.5, 0.6) is 0 Å². The zero-order valence-corrected chi connectivity index (χ0v) is 19.4. The largest absolute Gasteiger partial charge is 0.481 e. The fraction of sp³-hybridized carbons (Fsp3) is 0.138. The van der Waals surface area contributed by atoms with Crippen LogP contribution in [-0.4, -0.2) is 16.8 Å². The molecule has 0 aliphatic rings. The van der Waals surface area contributed by atoms with Crippen LogP contribution >= 0.6 is 11.8 Å². The van der Waals surface area contributed by atoms with Gasteiger partial charge in [-0.2, -0.15) is 11.8 Å². The summed E-state index contributed by atoms with van der Waals surface area (Å²) in [7, 11) is 0. The van der Waals surface area contributed by atoms with Gasteiger partial charge >= 0.3 is 5.97 Å². The Bertz CT molecular complexity index is 1500. The molecule has 1 heterocycles. The van der Waals surface area contributed by atoms with E-state index < -0.39 is 11.9 Å². The molecule has 1 N–H and O–H groups in total. The molecule has 170 valence electrons. The molecule has 0 bridgehead atoms. The predicted molar refractivity (Wildman–Crippen MR) is 138 cm³/mol. The molecule has 0 spiro atoms. The smallest absolute Gasteiger partial charge is 0.307 e. The second-order valence-electron chi connectivity index (χ2n) is 8.42. The first-order valence-electron chi connectivity index (χ1n) is 11.1. The molecule has 0 amide bonds. The van der Waals surface area contributed by atoms with Crippen LogP contribution in [0.1, 0.15) is 12.5 Å². The molecule has 5 aromatic rings. The molecule has 34 heavy (non-hydrogen) atoms. The van der Waals surface area contributed by atoms with Gasteiger partial charge in [0.05, 0.1) is 5.92 Å². The van der Waals surface area contributed by atoms with Gasteiger partial charge in [0.25, 0.3) is 0 Å². The summed E-state index contributed by atoms with van der Waals surface area (Å²) in [5.74, 6) is -0.672. The minimum absolute atomic E-state index is 0.280. The maximum Gasteiger partial charge on any atom is 0.307 e. The number of carbonyl (C=O) groups is 1. The SMILES string of the molecule is CC(CSCc1ccc(-c2cccc(-c3cccc4c3oc3ccccc34)c2)cc1F)C(=O)O. The van der Waals surface area contributed by atoms with Gasteiger partial charge in [-0.25, -0.2) is 4.39 Å². The molecule has 1 aromatic heterocycles. The van der Waals surface area contributed by atoms with Crippen molar-refractivity contribution in [2.45, 2.75) is 12.7 Å². The van der Waals surface area contributed by atoms with E-state index in [-0.39, 0.29) is 5.82 Å². The van der Waals surface area contributed by atoms with Crippen molar-refractivity contribution in [2.75, 3.05) is 5.75 Å². The third-order valence-corrected chi connectivity index (χ3v) is 7.26. The third kappa shape index (κ3) is 4.31. The van der Waals surface area contributed by atoms with E-state index in [2.05, 4.69) is 18.2 Å². The molecule has 0 radical (unpaired) electrons. The number of hydrogen-bond acceptors (Lipinski definition) is 3. The van der Waals surface area contributed by atoms with Gasteiger partial charge in [-0.3, -0.25) is 4.79 Å². The van der Waals surface area contributed by atoms with E-state index in [4.69, 9.17) is 9.52 Å². The van der Waals surface area contributed by atoms with E-state index in [1.165, 1.54) is 11.8 Å². The van der Waals surface area contributed by atoms with Crippen molar-refractivity contribution in [1.82, 2.24) is 0 Å². The lowest BCUT2D eigenvalue weighted by atomic mass is 9.97. The normalized spacial score (nSPS) is 12.3. The van der Waals surface area contributed by atoms with Gasteiger partial charge in [-0.1, -0.05) is 73.7 Å². The summed E-state index contributed by atoms with van der Waals surface area (Å²) in [5, 5.41) is 11.2. The number of para-hydroxylation sites is 2. The van der Waals surface area contributed by atoms with Gasteiger partial charge in [0.1, 0.15) is 17.0 Å². The Morgan fingerprint density at radius 2 is 1.65 bits per heavy atom. The summed E-state index contributed by atoms with van der Waals surface area (Å²) in [6, 6.07) is 27.4. The lowest BCUT2D eigenvalue weighted by Crippen LogP contribution is -2.11. The number of rotatable bonds is 7. The second-order valence-corrected chi connectivity index (χ2v) is 9.45. The molecule has 5 heteroatoms. The van der Waals surface area contributed by atoms with Crippen molar-refractivity contribution in [3.8, 4) is 22.3 Å². The highest BCUT2D eigenvalue weighted by Crippen LogP contribution is 2.37. The van der Waals surface area contributed by atoms with E-state index in [9.17, 15) is 9.18 Å². The van der Waals surface area contributed by atoms with Crippen LogP contribution in [-0.2, 0) is 10.5 Å². The minimum atomic E-state index is -0.832. The van der Waals surface area contributed by atoms with Crippen LogP contribution in [0.15, 0.2) is 89.3 Å². The number of hydrogen-bond donors (Lipinski definition) is 1. The fourth-order valence-corrected chi connectivity index (χ4v) is 5.17. The van der Waals surface area contributed by atoms with Gasteiger partial charge in [-0.15, -0.1) is 0 Å². The quantitative estimate of drug-likeness (QED) is 0.262. The number of halogens is 1. The molecule has 0 saturated heterocycles. The lowest BCUT2D eigenvalue weighted by Gasteiger charge is -2.10. The number of thioether (sulfide) groups is 1. The van der Waals surface area contributed by atoms with Crippen molar-refractivity contribution in [1.29, 1.82) is 0 Å². The van der Waals surface area contributed by atoms with Crippen LogP contribution in [0.3, 0.4) is 0 Å². The molecule has 1 unspecified atom stereocenters. The standard InChI is InChI=1S/C29H23FO3S/c1-18(29(31)32)16-34-17-22-13-12-20(15-26(22)30)19-6-4-7-21(14-19)23-9-5-10-25-24-8-2-3-11-27(24)33-28(23)25/h2-15,18H,16-17H2,1H3,(H,31,32). The topological polar surface area (TPSA) is 50.4 Å². The third-order valence-electron chi connectivity index (χ3n) is 6.01. The molecular weight excluding hydrogens is 447 g/mol. The Morgan fingerprint density at radius 1 is 0.912 bits per heavy atom. The maximum absolute atomic E-state index is 14.8. The maximum atomic E-state index is 14.8. The van der Waals surface area contributed by atoms with Gasteiger partial charge in [-0.05, 0) is 40.5 Å². The Kier molecular flexibility index (Phi) is 6.12. The fourth-order valence-electron chi connectivity index (χ4n) is 4.10. The molecule has 4 aromatic carbocycles. The van der Waals surface area contributed by atoms with Gasteiger partial charge in [0.2, 0.25) is 0 Å². The highest BCUT2D eigenvalue weighted by atomic mass is 32.2. The van der Waals surface area contributed by atoms with Crippen molar-refractivity contribution in [3.63, 3.8) is 0 Å². The highest BCUT2D eigenvalue weighted by molar-refractivity contribution is 7.98. The number of carboxylic acid groups (broad SMARTS) is 1. The summed E-state index contributed by atoms with van der Waals surface area (Å²) in [5.41, 5.74) is 5.99. The molecule has 5 rings (SSSR count). The first kappa shape index (κ1) is 22.2. The molecule has 3 nitrogen and oxygen atoms in total. The van der Waals surface area contributed by atoms with Crippen LogP contribution < -0.4 is 0 Å². The van der Waals surface area contributed by atoms with Crippen LogP contribution in [0.25, 0.3) is 44.2 Å². The Labute approximate surface area is 201 Å². The lowest BCUT2D eigenvalue weighted by molar-refractivity contribution is -0.140. The zero-order valence-electron chi connectivity index (χ0n) is 18.6. The number of fused-ring (bicyclic) bond motifs is 3. The number of furan rings is 1. The Hall–Kier alpha value is -3.57. The van der Waals surface area contributed by atoms with Crippen molar-refractivity contribution in [2.24, 2.45) is 5.92 Å². The van der Waals surface area contributed by atoms with Crippen LogP contribution in [0.2, 0.25) is 0 Å². The predicted octanol–water partition coefficient (Wildman–Crippen LogP) is 8.01. The summed E-state index contributed by atoms with van der Waals surface area (Å²) >= 11 is 1.43. The minimum Gasteiger partial charge on any atom is -0.481 e. The molecule has 0 aliphatic heterocycles. The average molecular weight is 471 g/mol. The first-order chi connectivity index (χ1) is 16.5. The van der Waals surface area contributed by atoms with E-state index in [0.29, 0.717) is 17.1 Å². The summed E-state index contributed by atoms with van der Waals surface area (Å²) < 4.78 is 21.0. The zero-order chi connectivity index (χ0) is 23.7. The summed E-state index contributed by atoms with van der Waals surface area (Å²) in [4.78, 5) is 11.0. The molecular formula is C29H23FO3S. The van der Waals surface area contributed by atoms with E-state index >= 15 is 0 Å². The Balaban J connectivity index is 1.44. The van der Waals surface area contributed by atoms with Gasteiger partial charge < -0.3 is 9.52 Å². The summed E-state index contributed by atoms with van der Waals surface area (Å²) in [6.07, 6.45) is 0. The van der Waals surface area contributed by atoms with E-state index in [0.717, 1.165) is 44.2 Å². The molecule has 0 aliphatic carbocycles. The molecule has 0 saturated carbocycles. The highest BCUT2D eigenvalue weighted by Gasteiger charge is 2.14. The first-order valence-corrected chi connectivity index (χ1v) is 12.3. The van der Waals surface area contributed by atoms with E-state index in [1.54, 1.807) is 19.1 Å². The molecule has 0 fully saturated rings. The van der Waals surface area contributed by atoms with Crippen molar-refractivity contribution >= 4 is 39.7 Å².